The van der Waals surface area contributed by atoms with Crippen molar-refractivity contribution in [1.29, 1.82) is 0 Å². The Morgan fingerprint density at radius 2 is 1.71 bits per heavy atom. The van der Waals surface area contributed by atoms with Crippen molar-refractivity contribution in [2.45, 2.75) is 31.3 Å². The van der Waals surface area contributed by atoms with E-state index in [-0.39, 0.29) is 24.1 Å². The van der Waals surface area contributed by atoms with E-state index in [2.05, 4.69) is 5.32 Å². The summed E-state index contributed by atoms with van der Waals surface area (Å²) in [5.41, 5.74) is 0.729. The molecule has 0 spiro atoms. The molecule has 2 aromatic rings. The summed E-state index contributed by atoms with van der Waals surface area (Å²) < 4.78 is 0. The highest BCUT2D eigenvalue weighted by Gasteiger charge is 2.26. The van der Waals surface area contributed by atoms with Crippen LogP contribution in [0.2, 0.25) is 15.1 Å². The first-order valence-electron chi connectivity index (χ1n) is 8.71. The smallest absolute Gasteiger partial charge is 0.242 e. The highest BCUT2D eigenvalue weighted by molar-refractivity contribution is 8.00. The standard InChI is InChI=1S/C20H21Cl3N2O2S/c1-3-24-20(27)13(2)25(11-14-4-5-16(22)10-18(14)23)19(26)12-28-17-8-6-15(21)7-9-17/h4-10,13H,3,11-12H2,1-2H3,(H,24,27)/t13-/m0/s1. The number of hydrogen-bond donors (Lipinski definition) is 1. The number of carbonyl (C=O) groups excluding carboxylic acids is 2. The fraction of sp³-hybridized carbons (Fsp3) is 0.300. The number of rotatable bonds is 8. The van der Waals surface area contributed by atoms with Crippen molar-refractivity contribution in [1.82, 2.24) is 10.2 Å². The summed E-state index contributed by atoms with van der Waals surface area (Å²) in [5.74, 6) is -0.182. The van der Waals surface area contributed by atoms with Gasteiger partial charge in [0, 0.05) is 33.1 Å². The molecule has 0 unspecified atom stereocenters. The molecule has 0 aliphatic heterocycles. The van der Waals surface area contributed by atoms with Gasteiger partial charge in [0.25, 0.3) is 0 Å². The van der Waals surface area contributed by atoms with Gasteiger partial charge in [0.15, 0.2) is 0 Å². The average molecular weight is 460 g/mol. The lowest BCUT2D eigenvalue weighted by atomic mass is 10.1. The lowest BCUT2D eigenvalue weighted by molar-refractivity contribution is -0.138. The number of benzene rings is 2. The van der Waals surface area contributed by atoms with Gasteiger partial charge in [-0.3, -0.25) is 9.59 Å². The van der Waals surface area contributed by atoms with Crippen molar-refractivity contribution in [2.24, 2.45) is 0 Å². The Balaban J connectivity index is 2.17. The van der Waals surface area contributed by atoms with Crippen LogP contribution in [0.25, 0.3) is 0 Å². The second-order valence-corrected chi connectivity index (χ2v) is 8.40. The zero-order valence-electron chi connectivity index (χ0n) is 15.5. The summed E-state index contributed by atoms with van der Waals surface area (Å²) in [6.07, 6.45) is 0. The highest BCUT2D eigenvalue weighted by Crippen LogP contribution is 2.25. The minimum absolute atomic E-state index is 0.162. The largest absolute Gasteiger partial charge is 0.355 e. The van der Waals surface area contributed by atoms with E-state index in [0.29, 0.717) is 21.6 Å². The summed E-state index contributed by atoms with van der Waals surface area (Å²) >= 11 is 19.5. The van der Waals surface area contributed by atoms with Gasteiger partial charge in [-0.2, -0.15) is 0 Å². The van der Waals surface area contributed by atoms with Crippen LogP contribution in [0.4, 0.5) is 0 Å². The van der Waals surface area contributed by atoms with Crippen LogP contribution in [0, 0.1) is 0 Å². The fourth-order valence-corrected chi connectivity index (χ4v) is 3.88. The molecule has 2 amide bonds. The third kappa shape index (κ3) is 6.59. The summed E-state index contributed by atoms with van der Waals surface area (Å²) in [6, 6.07) is 11.7. The third-order valence-corrected chi connectivity index (χ3v) is 5.89. The molecule has 0 saturated carbocycles. The van der Waals surface area contributed by atoms with Crippen LogP contribution in [-0.4, -0.2) is 35.1 Å². The number of halogens is 3. The molecule has 8 heteroatoms. The molecule has 0 fully saturated rings. The molecule has 0 aliphatic carbocycles. The second kappa shape index (κ2) is 11.0. The predicted octanol–water partition coefficient (Wildman–Crippen LogP) is 5.29. The quantitative estimate of drug-likeness (QED) is 0.545. The van der Waals surface area contributed by atoms with Crippen LogP contribution in [0.1, 0.15) is 19.4 Å². The van der Waals surface area contributed by atoms with Crippen molar-refractivity contribution in [2.75, 3.05) is 12.3 Å². The monoisotopic (exact) mass is 458 g/mol. The van der Waals surface area contributed by atoms with Gasteiger partial charge >= 0.3 is 0 Å². The number of hydrogen-bond acceptors (Lipinski definition) is 3. The normalized spacial score (nSPS) is 11.8. The molecule has 4 nitrogen and oxygen atoms in total. The zero-order chi connectivity index (χ0) is 20.7. The van der Waals surface area contributed by atoms with Crippen molar-refractivity contribution >= 4 is 58.4 Å². The Bertz CT molecular complexity index is 831. The summed E-state index contributed by atoms with van der Waals surface area (Å²) in [7, 11) is 0. The van der Waals surface area contributed by atoms with Crippen LogP contribution in [0.3, 0.4) is 0 Å². The van der Waals surface area contributed by atoms with Gasteiger partial charge in [-0.25, -0.2) is 0 Å². The van der Waals surface area contributed by atoms with Crippen molar-refractivity contribution < 1.29 is 9.59 Å². The Hall–Kier alpha value is -1.40. The van der Waals surface area contributed by atoms with Crippen LogP contribution in [-0.2, 0) is 16.1 Å². The molecule has 150 valence electrons. The Labute approximate surface area is 184 Å². The maximum absolute atomic E-state index is 12.9. The van der Waals surface area contributed by atoms with Gasteiger partial charge in [-0.15, -0.1) is 11.8 Å². The molecule has 0 radical (unpaired) electrons. The Kier molecular flexibility index (Phi) is 8.96. The molecular formula is C20H21Cl3N2O2S. The van der Waals surface area contributed by atoms with Crippen molar-refractivity contribution in [3.05, 3.63) is 63.1 Å². The van der Waals surface area contributed by atoms with Crippen LogP contribution in [0.15, 0.2) is 47.4 Å². The minimum atomic E-state index is -0.634. The first-order valence-corrected chi connectivity index (χ1v) is 10.8. The molecule has 1 atom stereocenters. The molecular weight excluding hydrogens is 439 g/mol. The number of thioether (sulfide) groups is 1. The van der Waals surface area contributed by atoms with E-state index in [4.69, 9.17) is 34.8 Å². The van der Waals surface area contributed by atoms with E-state index in [1.54, 1.807) is 37.3 Å². The molecule has 1 N–H and O–H groups in total. The summed E-state index contributed by atoms with van der Waals surface area (Å²) in [5, 5.41) is 4.37. The second-order valence-electron chi connectivity index (χ2n) is 6.07. The predicted molar refractivity (Wildman–Crippen MR) is 117 cm³/mol. The Morgan fingerprint density at radius 1 is 1.07 bits per heavy atom. The van der Waals surface area contributed by atoms with Gasteiger partial charge in [-0.05, 0) is 55.8 Å². The molecule has 0 saturated heterocycles. The van der Waals surface area contributed by atoms with E-state index in [1.807, 2.05) is 19.1 Å². The van der Waals surface area contributed by atoms with E-state index >= 15 is 0 Å². The van der Waals surface area contributed by atoms with Gasteiger partial charge in [0.05, 0.1) is 5.75 Å². The van der Waals surface area contributed by atoms with E-state index in [1.165, 1.54) is 16.7 Å². The first kappa shape index (κ1) is 22.9. The van der Waals surface area contributed by atoms with E-state index < -0.39 is 6.04 Å². The number of likely N-dealkylation sites (N-methyl/N-ethyl adjacent to an activating group) is 1. The molecule has 2 aromatic carbocycles. The molecule has 0 heterocycles. The number of carbonyl (C=O) groups is 2. The van der Waals surface area contributed by atoms with Crippen molar-refractivity contribution in [3.8, 4) is 0 Å². The van der Waals surface area contributed by atoms with Gasteiger partial charge in [-0.1, -0.05) is 40.9 Å². The van der Waals surface area contributed by atoms with Crippen LogP contribution < -0.4 is 5.32 Å². The molecule has 0 bridgehead atoms. The topological polar surface area (TPSA) is 49.4 Å². The van der Waals surface area contributed by atoms with Gasteiger partial charge in [0.2, 0.25) is 11.8 Å². The van der Waals surface area contributed by atoms with Gasteiger partial charge < -0.3 is 10.2 Å². The number of nitrogens with one attached hydrogen (secondary N) is 1. The van der Waals surface area contributed by atoms with Crippen LogP contribution in [0.5, 0.6) is 0 Å². The molecule has 0 aliphatic rings. The van der Waals surface area contributed by atoms with E-state index in [0.717, 1.165) is 10.5 Å². The molecule has 2 rings (SSSR count). The maximum Gasteiger partial charge on any atom is 0.242 e. The molecule has 28 heavy (non-hydrogen) atoms. The van der Waals surface area contributed by atoms with Crippen molar-refractivity contribution in [3.63, 3.8) is 0 Å². The zero-order valence-corrected chi connectivity index (χ0v) is 18.6. The number of nitrogens with zero attached hydrogens (tertiary/aromatic N) is 1. The highest BCUT2D eigenvalue weighted by atomic mass is 35.5. The average Bonchev–Trinajstić information content (AvgIpc) is 2.66. The lowest BCUT2D eigenvalue weighted by Gasteiger charge is -2.29. The minimum Gasteiger partial charge on any atom is -0.355 e. The van der Waals surface area contributed by atoms with Crippen LogP contribution >= 0.6 is 46.6 Å². The van der Waals surface area contributed by atoms with Gasteiger partial charge in [0.1, 0.15) is 6.04 Å². The van der Waals surface area contributed by atoms with E-state index in [9.17, 15) is 9.59 Å². The molecule has 0 aromatic heterocycles. The third-order valence-electron chi connectivity index (χ3n) is 4.05. The fourth-order valence-electron chi connectivity index (χ4n) is 2.50. The lowest BCUT2D eigenvalue weighted by Crippen LogP contribution is -2.48. The SMILES string of the molecule is CCNC(=O)[C@H](C)N(Cc1ccc(Cl)cc1Cl)C(=O)CSc1ccc(Cl)cc1. The number of amides is 2. The summed E-state index contributed by atoms with van der Waals surface area (Å²) in [4.78, 5) is 27.8. The summed E-state index contributed by atoms with van der Waals surface area (Å²) in [6.45, 7) is 4.25. The maximum atomic E-state index is 12.9. The first-order chi connectivity index (χ1) is 13.3. The Morgan fingerprint density at radius 3 is 2.32 bits per heavy atom.